The standard InChI is InChI=1S/C28H22N8O2S.C24H19ClN6OS.C21H17BrClN5O.C5H7BN2O3.3C4H9.C3H2NS.Sn/c1-16(34-25-21(13-31-27(29)35-25)23-14-30-15-39-23)22-10-17-6-5-9-20(18-11-32-28(38)33-12-18)24(17)26(37)36(22)19-7-3-2-4-8-19;1-14(29-22-17(11-28-24(26)30-22)20-12-27-13-33-20)19-10-15-6-5-9-18(25)21(15)23(32)31(19)16-7-3-2-4-8-16;1-12(26-19-15(22)11-25-21(24)27-19)17-10-13-6-5-9-16(23)18(13)20(29)28(17)14-7-3-2-4-8-14;1-11-5-7-2-4(3-8-5)6(9)10;3*1-3-4-2;1-2-5-3-4-1;/h2-16H,1H3,(H,32,33,38)(H3,29,31,34,35);2-14H,1H3,(H3,26,28,29,30);2-12H,1H3,(H3,24,25,26,27);2-3,9-10H,1H3;3*1,3-4H2,2H3;1,3H;/t16-;14-;12-;;;;;;/m000....../s1. The molecule has 11 aromatic heterocycles. The van der Waals surface area contributed by atoms with E-state index in [0.29, 0.717) is 64.9 Å². The van der Waals surface area contributed by atoms with Gasteiger partial charge >= 0.3 is 141 Å². The predicted molar refractivity (Wildman–Crippen MR) is 533 cm³/mol. The first-order chi connectivity index (χ1) is 63.0. The van der Waals surface area contributed by atoms with E-state index in [2.05, 4.69) is 134 Å². The van der Waals surface area contributed by atoms with Gasteiger partial charge in [0, 0.05) is 101 Å². The molecule has 17 aromatic rings. The Labute approximate surface area is 783 Å². The van der Waals surface area contributed by atoms with Gasteiger partial charge in [-0.25, -0.2) is 34.7 Å². The minimum absolute atomic E-state index is 0.135. The summed E-state index contributed by atoms with van der Waals surface area (Å²) in [5, 5.41) is 32.1. The smallest absolute Gasteiger partial charge is 0.467 e. The number of aromatic amines is 1. The number of fused-ring (bicyclic) bond motifs is 3. The van der Waals surface area contributed by atoms with Crippen LogP contribution in [-0.4, -0.2) is 121 Å². The molecule has 0 saturated heterocycles. The summed E-state index contributed by atoms with van der Waals surface area (Å²) in [5.41, 5.74) is 29.7. The zero-order chi connectivity index (χ0) is 92.0. The third-order valence-corrected chi connectivity index (χ3v) is 43.3. The van der Waals surface area contributed by atoms with Gasteiger partial charge in [0.25, 0.3) is 16.7 Å². The van der Waals surface area contributed by atoms with Crippen LogP contribution in [0.4, 0.5) is 35.3 Å². The number of nitrogens with two attached hydrogens (primary N) is 3. The number of para-hydroxylation sites is 3. The maximum atomic E-state index is 14.3. The van der Waals surface area contributed by atoms with E-state index in [4.69, 9.17) is 50.5 Å². The van der Waals surface area contributed by atoms with Crippen LogP contribution in [0.5, 0.6) is 6.01 Å². The number of anilines is 6. The first-order valence-electron chi connectivity index (χ1n) is 41.8. The number of aromatic nitrogens is 16. The fourth-order valence-corrected chi connectivity index (χ4v) is 36.4. The van der Waals surface area contributed by atoms with Crippen LogP contribution >= 0.6 is 73.1 Å². The van der Waals surface area contributed by atoms with Gasteiger partial charge in [0.05, 0.1) is 87.8 Å². The van der Waals surface area contributed by atoms with Crippen molar-refractivity contribution in [2.24, 2.45) is 0 Å². The van der Waals surface area contributed by atoms with Crippen LogP contribution in [0.1, 0.15) is 115 Å². The molecule has 0 aliphatic carbocycles. The van der Waals surface area contributed by atoms with Crippen molar-refractivity contribution < 1.29 is 14.8 Å². The zero-order valence-electron chi connectivity index (χ0n) is 72.0. The summed E-state index contributed by atoms with van der Waals surface area (Å²) in [5.74, 6) is 2.11. The number of ether oxygens (including phenoxy) is 1. The fraction of sp³-hybridized carbons (Fsp3) is 0.204. The number of thiazole rings is 3. The zero-order valence-corrected chi connectivity index (χ0v) is 80.4. The molecule has 0 unspecified atom stereocenters. The van der Waals surface area contributed by atoms with Crippen LogP contribution in [0.3, 0.4) is 0 Å². The molecule has 11 heterocycles. The SMILES string of the molecule is CCC[CH2][Sn]([CH2]CCC)([CH2]CCC)[c]1cncs1.COc1ncc(B(O)O)cn1.C[C@H](Nc1nc(N)ncc1-c1cncs1)c1cc2cccc(-c3cnc(=O)[nH]c3)c2c(=O)n1-c1ccccc1.C[C@H](Nc1nc(N)ncc1-c1cncs1)c1cc2cccc(Cl)c2c(=O)n1-c1ccccc1.C[C@H](Nc1nc(N)ncc1Br)c1cc2cccc(Cl)c2c(=O)n1-c1ccccc1. The topological polar surface area (TPSA) is 417 Å². The van der Waals surface area contributed by atoms with E-state index in [1.54, 1.807) is 90.2 Å². The number of hydrogen-bond donors (Lipinski definition) is 9. The molecule has 664 valence electrons. The summed E-state index contributed by atoms with van der Waals surface area (Å²) in [6, 6.07) is 50.1. The number of nitrogen functional groups attached to an aromatic ring is 3. The number of nitrogens with zero attached hydrogens (tertiary/aromatic N) is 15. The number of rotatable bonds is 27. The summed E-state index contributed by atoms with van der Waals surface area (Å²) >= 11 is 19.0. The number of hydrogen-bond acceptors (Lipinski definition) is 28. The largest absolute Gasteiger partial charge is 0.491 e. The molecule has 29 nitrogen and oxygen atoms in total. The molecule has 0 spiro atoms. The summed E-state index contributed by atoms with van der Waals surface area (Å²) < 4.78 is 16.8. The quantitative estimate of drug-likeness (QED) is 0.0216. The third kappa shape index (κ3) is 23.0. The number of halogens is 3. The van der Waals surface area contributed by atoms with E-state index in [-0.39, 0.29) is 64.1 Å². The molecule has 0 aliphatic heterocycles. The molecular formula is C93H94BBrCl2N22O7S3Sn. The number of benzene rings is 6. The van der Waals surface area contributed by atoms with Gasteiger partial charge in [-0.2, -0.15) is 15.0 Å². The molecule has 0 fully saturated rings. The van der Waals surface area contributed by atoms with Gasteiger partial charge in [0.1, 0.15) is 17.5 Å². The fourth-order valence-electron chi connectivity index (χ4n) is 15.0. The number of pyridine rings is 3. The van der Waals surface area contributed by atoms with Crippen LogP contribution in [0.15, 0.2) is 266 Å². The molecule has 37 heteroatoms. The Morgan fingerprint density at radius 2 is 0.877 bits per heavy atom. The molecule has 0 radical (unpaired) electrons. The maximum Gasteiger partial charge on any atom is 0.491 e. The monoisotopic (exact) mass is 2010 g/mol. The number of H-pyrrole nitrogens is 1. The average Bonchev–Trinajstić information content (AvgIpc) is 0.758. The Kier molecular flexibility index (Phi) is 33.0. The van der Waals surface area contributed by atoms with Crippen molar-refractivity contribution in [3.63, 3.8) is 0 Å². The van der Waals surface area contributed by atoms with E-state index in [1.807, 2.05) is 184 Å². The molecule has 0 bridgehead atoms. The van der Waals surface area contributed by atoms with E-state index in [9.17, 15) is 19.2 Å². The molecular weight excluding hydrogens is 1910 g/mol. The Morgan fingerprint density at radius 3 is 1.27 bits per heavy atom. The minimum Gasteiger partial charge on any atom is -0.467 e. The van der Waals surface area contributed by atoms with Crippen molar-refractivity contribution in [3.05, 3.63) is 315 Å². The maximum absolute atomic E-state index is 14.3. The Hall–Kier alpha value is -12.5. The van der Waals surface area contributed by atoms with E-state index >= 15 is 0 Å². The van der Waals surface area contributed by atoms with E-state index in [0.717, 1.165) is 65.5 Å². The van der Waals surface area contributed by atoms with Crippen molar-refractivity contribution in [1.29, 1.82) is 0 Å². The van der Waals surface area contributed by atoms with Crippen LogP contribution in [0.2, 0.25) is 23.4 Å². The molecule has 0 amide bonds. The number of nitrogens with one attached hydrogen (secondary N) is 4. The van der Waals surface area contributed by atoms with Crippen molar-refractivity contribution in [2.75, 3.05) is 40.3 Å². The summed E-state index contributed by atoms with van der Waals surface area (Å²) in [6.45, 7) is 12.9. The summed E-state index contributed by atoms with van der Waals surface area (Å²) in [4.78, 5) is 107. The predicted octanol–water partition coefficient (Wildman–Crippen LogP) is 18.0. The third-order valence-electron chi connectivity index (χ3n) is 21.4. The second-order valence-electron chi connectivity index (χ2n) is 30.2. The summed E-state index contributed by atoms with van der Waals surface area (Å²) in [7, 11) is -0.0920. The van der Waals surface area contributed by atoms with Crippen molar-refractivity contribution in [3.8, 4) is 55.1 Å². The molecule has 0 saturated carbocycles. The van der Waals surface area contributed by atoms with Crippen molar-refractivity contribution >= 4 is 175 Å². The second kappa shape index (κ2) is 45.2. The van der Waals surface area contributed by atoms with E-state index in [1.165, 1.54) is 86.9 Å². The first kappa shape index (κ1) is 95.1. The van der Waals surface area contributed by atoms with Crippen molar-refractivity contribution in [1.82, 2.24) is 78.5 Å². The molecule has 6 aromatic carbocycles. The molecule has 0 aliphatic rings. The van der Waals surface area contributed by atoms with Gasteiger partial charge < -0.3 is 52.9 Å². The van der Waals surface area contributed by atoms with Crippen LogP contribution in [0, 0.1) is 0 Å². The Balaban J connectivity index is 0.000000146. The van der Waals surface area contributed by atoms with Gasteiger partial charge in [0.15, 0.2) is 0 Å². The number of methoxy groups -OCH3 is 1. The average molecular weight is 2010 g/mol. The van der Waals surface area contributed by atoms with Gasteiger partial charge in [-0.05, 0) is 125 Å². The molecule has 12 N–H and O–H groups in total. The molecule has 17 rings (SSSR count). The Morgan fingerprint density at radius 1 is 0.477 bits per heavy atom. The van der Waals surface area contributed by atoms with Gasteiger partial charge in [0.2, 0.25) is 17.8 Å². The van der Waals surface area contributed by atoms with Crippen LogP contribution < -0.4 is 68.6 Å². The second-order valence-corrected chi connectivity index (χ2v) is 48.7. The normalized spacial score (nSPS) is 11.8. The minimum atomic E-state index is -2.08. The van der Waals surface area contributed by atoms with Crippen molar-refractivity contribution in [2.45, 2.75) is 112 Å². The van der Waals surface area contributed by atoms with Gasteiger partial charge in [-0.15, -0.1) is 22.7 Å². The van der Waals surface area contributed by atoms with Gasteiger partial charge in [-0.1, -0.05) is 120 Å². The number of unbranched alkanes of at least 4 members (excludes halogenated alkanes) is 3. The molecule has 130 heavy (non-hydrogen) atoms. The van der Waals surface area contributed by atoms with Crippen LogP contribution in [-0.2, 0) is 0 Å². The van der Waals surface area contributed by atoms with E-state index < -0.39 is 31.2 Å². The molecule has 3 atom stereocenters. The Bertz CT molecular complexity index is 6890. The van der Waals surface area contributed by atoms with Gasteiger partial charge in [-0.3, -0.25) is 38.1 Å². The van der Waals surface area contributed by atoms with Crippen LogP contribution in [0.25, 0.3) is 81.4 Å². The summed E-state index contributed by atoms with van der Waals surface area (Å²) in [6.07, 6.45) is 24.7. The first-order valence-corrected chi connectivity index (χ1v) is 53.5.